The molecule has 1 amide bonds. The molecule has 3 rings (SSSR count). The van der Waals surface area contributed by atoms with E-state index in [2.05, 4.69) is 15.5 Å². The lowest BCUT2D eigenvalue weighted by Crippen LogP contribution is -2.15. The first-order valence-electron chi connectivity index (χ1n) is 9.45. The van der Waals surface area contributed by atoms with E-state index in [-0.39, 0.29) is 31.1 Å². The third-order valence-electron chi connectivity index (χ3n) is 4.56. The van der Waals surface area contributed by atoms with E-state index in [0.717, 1.165) is 12.1 Å². The summed E-state index contributed by atoms with van der Waals surface area (Å²) in [6, 6.07) is 5.97. The lowest BCUT2D eigenvalue weighted by Gasteiger charge is -2.11. The molecule has 0 saturated carbocycles. The van der Waals surface area contributed by atoms with Crippen LogP contribution < -0.4 is 10.1 Å². The molecule has 9 nitrogen and oxygen atoms in total. The van der Waals surface area contributed by atoms with E-state index in [4.69, 9.17) is 9.84 Å². The van der Waals surface area contributed by atoms with Gasteiger partial charge >= 0.3 is 12.1 Å². The van der Waals surface area contributed by atoms with Gasteiger partial charge in [0.25, 0.3) is 5.91 Å². The standard InChI is InChI=1S/C20H20F3N5O4/c1-12-18(24-19(31)16-6-8-27(26-16)9-7-17(29)30)13(2)28(25-12)11-32-15-5-3-4-14(10-15)20(21,22)23/h3-6,8,10H,7,9,11H2,1-2H3,(H,24,31)(H,29,30). The van der Waals surface area contributed by atoms with Crippen LogP contribution in [0.5, 0.6) is 5.75 Å². The molecule has 0 radical (unpaired) electrons. The van der Waals surface area contributed by atoms with Crippen LogP contribution in [0, 0.1) is 13.8 Å². The summed E-state index contributed by atoms with van der Waals surface area (Å²) in [6.45, 7) is 3.31. The fraction of sp³-hybridized carbons (Fsp3) is 0.300. The second-order valence-corrected chi connectivity index (χ2v) is 6.91. The molecule has 2 aromatic heterocycles. The van der Waals surface area contributed by atoms with Crippen molar-refractivity contribution in [3.8, 4) is 5.75 Å². The number of benzene rings is 1. The molecule has 0 spiro atoms. The number of halogens is 3. The van der Waals surface area contributed by atoms with Gasteiger partial charge in [-0.25, -0.2) is 4.68 Å². The zero-order valence-corrected chi connectivity index (χ0v) is 17.2. The normalized spacial score (nSPS) is 11.4. The zero-order valence-electron chi connectivity index (χ0n) is 17.2. The van der Waals surface area contributed by atoms with Crippen LogP contribution in [0.25, 0.3) is 0 Å². The topological polar surface area (TPSA) is 111 Å². The molecule has 170 valence electrons. The number of aliphatic carboxylic acids is 1. The molecule has 0 bridgehead atoms. The molecule has 2 heterocycles. The summed E-state index contributed by atoms with van der Waals surface area (Å²) in [5.74, 6) is -1.45. The molecule has 3 aromatic rings. The van der Waals surface area contributed by atoms with Crippen molar-refractivity contribution in [2.24, 2.45) is 0 Å². The molecule has 0 aliphatic rings. The van der Waals surface area contributed by atoms with Crippen LogP contribution in [0.4, 0.5) is 18.9 Å². The zero-order chi connectivity index (χ0) is 23.5. The molecule has 0 atom stereocenters. The molecule has 0 unspecified atom stereocenters. The van der Waals surface area contributed by atoms with E-state index in [1.165, 1.54) is 33.8 Å². The number of alkyl halides is 3. The highest BCUT2D eigenvalue weighted by atomic mass is 19.4. The third-order valence-corrected chi connectivity index (χ3v) is 4.56. The maximum atomic E-state index is 12.8. The molecular weight excluding hydrogens is 431 g/mol. The van der Waals surface area contributed by atoms with Crippen LogP contribution in [-0.2, 0) is 24.2 Å². The summed E-state index contributed by atoms with van der Waals surface area (Å²) < 4.78 is 46.8. The maximum absolute atomic E-state index is 12.8. The Labute approximate surface area is 180 Å². The monoisotopic (exact) mass is 451 g/mol. The van der Waals surface area contributed by atoms with E-state index < -0.39 is 23.6 Å². The summed E-state index contributed by atoms with van der Waals surface area (Å²) in [7, 11) is 0. The highest BCUT2D eigenvalue weighted by molar-refractivity contribution is 6.03. The molecule has 0 fully saturated rings. The van der Waals surface area contributed by atoms with E-state index in [0.29, 0.717) is 17.1 Å². The van der Waals surface area contributed by atoms with Gasteiger partial charge in [0, 0.05) is 6.20 Å². The maximum Gasteiger partial charge on any atom is 0.416 e. The van der Waals surface area contributed by atoms with Gasteiger partial charge in [0.15, 0.2) is 12.4 Å². The van der Waals surface area contributed by atoms with Crippen molar-refractivity contribution in [2.45, 2.75) is 39.7 Å². The van der Waals surface area contributed by atoms with Gasteiger partial charge in [0.2, 0.25) is 0 Å². The quantitative estimate of drug-likeness (QED) is 0.543. The highest BCUT2D eigenvalue weighted by Crippen LogP contribution is 2.31. The molecule has 0 aliphatic heterocycles. The Balaban J connectivity index is 1.67. The van der Waals surface area contributed by atoms with Gasteiger partial charge in [0.05, 0.1) is 35.6 Å². The second-order valence-electron chi connectivity index (χ2n) is 6.91. The third kappa shape index (κ3) is 5.45. The molecule has 0 saturated heterocycles. The van der Waals surface area contributed by atoms with Gasteiger partial charge in [-0.15, -0.1) is 0 Å². The lowest BCUT2D eigenvalue weighted by molar-refractivity contribution is -0.138. The summed E-state index contributed by atoms with van der Waals surface area (Å²) in [4.78, 5) is 23.2. The van der Waals surface area contributed by atoms with Crippen LogP contribution in [0.2, 0.25) is 0 Å². The molecule has 2 N–H and O–H groups in total. The summed E-state index contributed by atoms with van der Waals surface area (Å²) >= 11 is 0. The Morgan fingerprint density at radius 1 is 1.19 bits per heavy atom. The van der Waals surface area contributed by atoms with Gasteiger partial charge < -0.3 is 15.2 Å². The van der Waals surface area contributed by atoms with Gasteiger partial charge in [-0.05, 0) is 38.1 Å². The number of rotatable bonds is 8. The first-order chi connectivity index (χ1) is 15.0. The van der Waals surface area contributed by atoms with Gasteiger partial charge in [0.1, 0.15) is 5.75 Å². The highest BCUT2D eigenvalue weighted by Gasteiger charge is 2.30. The number of hydrogen-bond acceptors (Lipinski definition) is 5. The van der Waals surface area contributed by atoms with Crippen molar-refractivity contribution in [1.82, 2.24) is 19.6 Å². The Kier molecular flexibility index (Phi) is 6.51. The van der Waals surface area contributed by atoms with E-state index in [1.807, 2.05) is 0 Å². The number of carboxylic acids is 1. The van der Waals surface area contributed by atoms with Gasteiger partial charge in [-0.2, -0.15) is 23.4 Å². The number of carboxylic acid groups (broad SMARTS) is 1. The number of amides is 1. The minimum atomic E-state index is -4.48. The Morgan fingerprint density at radius 2 is 1.94 bits per heavy atom. The van der Waals surface area contributed by atoms with Crippen molar-refractivity contribution in [2.75, 3.05) is 5.32 Å². The smallest absolute Gasteiger partial charge is 0.416 e. The van der Waals surface area contributed by atoms with Crippen molar-refractivity contribution in [3.05, 3.63) is 59.2 Å². The largest absolute Gasteiger partial charge is 0.481 e. The number of carbonyl (C=O) groups is 2. The fourth-order valence-electron chi connectivity index (χ4n) is 2.90. The number of nitrogens with zero attached hydrogens (tertiary/aromatic N) is 4. The molecule has 12 heteroatoms. The van der Waals surface area contributed by atoms with Crippen molar-refractivity contribution in [1.29, 1.82) is 0 Å². The average Bonchev–Trinajstić information content (AvgIpc) is 3.30. The Morgan fingerprint density at radius 3 is 2.62 bits per heavy atom. The number of nitrogens with one attached hydrogen (secondary N) is 1. The minimum Gasteiger partial charge on any atom is -0.481 e. The number of aromatic nitrogens is 4. The number of carbonyl (C=O) groups excluding carboxylic acids is 1. The molecule has 32 heavy (non-hydrogen) atoms. The number of hydrogen-bond donors (Lipinski definition) is 2. The second kappa shape index (κ2) is 9.12. The minimum absolute atomic E-state index is 0.0323. The fourth-order valence-corrected chi connectivity index (χ4v) is 2.90. The summed E-state index contributed by atoms with van der Waals surface area (Å²) in [6.07, 6.45) is -3.10. The molecular formula is C20H20F3N5O4. The predicted molar refractivity (Wildman–Crippen MR) is 106 cm³/mol. The van der Waals surface area contributed by atoms with Crippen LogP contribution in [0.1, 0.15) is 33.9 Å². The van der Waals surface area contributed by atoms with Crippen LogP contribution in [0.3, 0.4) is 0 Å². The van der Waals surface area contributed by atoms with Crippen LogP contribution >= 0.6 is 0 Å². The molecule has 0 aliphatic carbocycles. The number of ether oxygens (including phenoxy) is 1. The summed E-state index contributed by atoms with van der Waals surface area (Å²) in [5.41, 5.74) is 0.714. The van der Waals surface area contributed by atoms with E-state index in [1.54, 1.807) is 13.8 Å². The lowest BCUT2D eigenvalue weighted by atomic mass is 10.2. The number of anilines is 1. The Hall–Kier alpha value is -3.83. The van der Waals surface area contributed by atoms with Crippen molar-refractivity contribution >= 4 is 17.6 Å². The van der Waals surface area contributed by atoms with E-state index >= 15 is 0 Å². The average molecular weight is 451 g/mol. The first-order valence-corrected chi connectivity index (χ1v) is 9.45. The number of aryl methyl sites for hydroxylation is 2. The predicted octanol–water partition coefficient (Wildman–Crippen LogP) is 3.48. The SMILES string of the molecule is Cc1nn(COc2cccc(C(F)(F)F)c2)c(C)c1NC(=O)c1ccn(CCC(=O)O)n1. The van der Waals surface area contributed by atoms with Crippen molar-refractivity contribution < 1.29 is 32.6 Å². The summed E-state index contributed by atoms with van der Waals surface area (Å²) in [5, 5.41) is 19.7. The van der Waals surface area contributed by atoms with Gasteiger partial charge in [-0.3, -0.25) is 14.3 Å². The van der Waals surface area contributed by atoms with Crippen LogP contribution in [-0.4, -0.2) is 36.5 Å². The van der Waals surface area contributed by atoms with E-state index in [9.17, 15) is 22.8 Å². The Bertz CT molecular complexity index is 1140. The first kappa shape index (κ1) is 22.8. The molecule has 1 aromatic carbocycles. The van der Waals surface area contributed by atoms with Crippen LogP contribution in [0.15, 0.2) is 36.5 Å². The van der Waals surface area contributed by atoms with Gasteiger partial charge in [-0.1, -0.05) is 6.07 Å². The van der Waals surface area contributed by atoms with Crippen molar-refractivity contribution in [3.63, 3.8) is 0 Å².